The molecular formula is C12H17BrO2. The molecule has 2 nitrogen and oxygen atoms in total. The highest BCUT2D eigenvalue weighted by Gasteiger charge is 2.02. The van der Waals surface area contributed by atoms with Crippen LogP contribution in [-0.4, -0.2) is 25.2 Å². The molecule has 84 valence electrons. The van der Waals surface area contributed by atoms with Crippen molar-refractivity contribution in [3.63, 3.8) is 0 Å². The van der Waals surface area contributed by atoms with Crippen LogP contribution in [0.2, 0.25) is 0 Å². The number of hydrogen-bond donors (Lipinski definition) is 0. The van der Waals surface area contributed by atoms with E-state index in [-0.39, 0.29) is 0 Å². The fourth-order valence-electron chi connectivity index (χ4n) is 1.28. The minimum atomic E-state index is 0.432. The van der Waals surface area contributed by atoms with Crippen LogP contribution in [-0.2, 0) is 4.74 Å². The third-order valence-corrected chi connectivity index (χ3v) is 2.74. The van der Waals surface area contributed by atoms with E-state index in [9.17, 15) is 0 Å². The number of hydrogen-bond acceptors (Lipinski definition) is 2. The molecule has 0 aliphatic rings. The minimum Gasteiger partial charge on any atom is -0.494 e. The summed E-state index contributed by atoms with van der Waals surface area (Å²) >= 11 is 3.54. The predicted octanol–water partition coefficient (Wildman–Crippen LogP) is 3.26. The number of halogens is 1. The van der Waals surface area contributed by atoms with E-state index in [1.54, 1.807) is 7.11 Å². The third kappa shape index (κ3) is 5.80. The Balaban J connectivity index is 2.07. The average molecular weight is 273 g/mol. The Morgan fingerprint density at radius 1 is 1.27 bits per heavy atom. The van der Waals surface area contributed by atoms with E-state index < -0.39 is 0 Å². The second-order valence-corrected chi connectivity index (χ2v) is 4.65. The van der Waals surface area contributed by atoms with Crippen molar-refractivity contribution in [3.8, 4) is 5.75 Å². The minimum absolute atomic E-state index is 0.432. The summed E-state index contributed by atoms with van der Waals surface area (Å²) in [6, 6.07) is 9.89. The van der Waals surface area contributed by atoms with Gasteiger partial charge in [-0.3, -0.25) is 0 Å². The fourth-order valence-corrected chi connectivity index (χ4v) is 1.86. The lowest BCUT2D eigenvalue weighted by Gasteiger charge is -2.09. The first-order valence-electron chi connectivity index (χ1n) is 5.14. The van der Waals surface area contributed by atoms with Crippen LogP contribution in [0.1, 0.15) is 12.8 Å². The summed E-state index contributed by atoms with van der Waals surface area (Å²) in [6.45, 7) is 1.52. The molecule has 0 saturated heterocycles. The van der Waals surface area contributed by atoms with Crippen molar-refractivity contribution in [1.82, 2.24) is 0 Å². The Morgan fingerprint density at radius 3 is 2.67 bits per heavy atom. The maximum atomic E-state index is 5.57. The molecule has 0 amide bonds. The first kappa shape index (κ1) is 12.5. The summed E-state index contributed by atoms with van der Waals surface area (Å²) in [6.07, 6.45) is 2.11. The van der Waals surface area contributed by atoms with Gasteiger partial charge in [0, 0.05) is 11.9 Å². The molecule has 0 heterocycles. The van der Waals surface area contributed by atoms with Gasteiger partial charge in [-0.25, -0.2) is 0 Å². The molecule has 1 atom stereocenters. The number of rotatable bonds is 7. The van der Waals surface area contributed by atoms with E-state index in [1.807, 2.05) is 30.3 Å². The van der Waals surface area contributed by atoms with Crippen LogP contribution in [0.3, 0.4) is 0 Å². The Hall–Kier alpha value is -0.540. The van der Waals surface area contributed by atoms with Crippen molar-refractivity contribution < 1.29 is 9.47 Å². The molecule has 0 aromatic heterocycles. The second kappa shape index (κ2) is 7.71. The summed E-state index contributed by atoms with van der Waals surface area (Å²) in [5.41, 5.74) is 0. The molecule has 0 N–H and O–H groups in total. The van der Waals surface area contributed by atoms with E-state index >= 15 is 0 Å². The third-order valence-electron chi connectivity index (χ3n) is 2.02. The van der Waals surface area contributed by atoms with Crippen LogP contribution in [0.25, 0.3) is 0 Å². The molecule has 1 rings (SSSR count). The lowest BCUT2D eigenvalue weighted by atomic mass is 10.2. The molecule has 15 heavy (non-hydrogen) atoms. The fraction of sp³-hybridized carbons (Fsp3) is 0.500. The van der Waals surface area contributed by atoms with Crippen LogP contribution in [0, 0.1) is 0 Å². The van der Waals surface area contributed by atoms with Gasteiger partial charge in [-0.15, -0.1) is 0 Å². The van der Waals surface area contributed by atoms with Crippen molar-refractivity contribution in [2.24, 2.45) is 0 Å². The van der Waals surface area contributed by atoms with Crippen molar-refractivity contribution in [2.45, 2.75) is 17.7 Å². The quantitative estimate of drug-likeness (QED) is 0.561. The molecule has 1 unspecified atom stereocenters. The summed E-state index contributed by atoms with van der Waals surface area (Å²) in [5, 5.41) is 0. The Labute approximate surface area is 99.7 Å². The normalized spacial score (nSPS) is 12.4. The van der Waals surface area contributed by atoms with Crippen LogP contribution >= 0.6 is 15.9 Å². The van der Waals surface area contributed by atoms with Crippen LogP contribution in [0.4, 0.5) is 0 Å². The highest BCUT2D eigenvalue weighted by atomic mass is 79.9. The summed E-state index contributed by atoms with van der Waals surface area (Å²) in [4.78, 5) is 0.432. The van der Waals surface area contributed by atoms with E-state index in [2.05, 4.69) is 15.9 Å². The van der Waals surface area contributed by atoms with Gasteiger partial charge in [0.25, 0.3) is 0 Å². The molecule has 0 bridgehead atoms. The van der Waals surface area contributed by atoms with Gasteiger partial charge < -0.3 is 9.47 Å². The van der Waals surface area contributed by atoms with Gasteiger partial charge in [-0.2, -0.15) is 0 Å². The average Bonchev–Trinajstić information content (AvgIpc) is 2.26. The van der Waals surface area contributed by atoms with Gasteiger partial charge in [0.2, 0.25) is 0 Å². The standard InChI is InChI=1S/C12H17BrO2/c1-14-10-11(13)6-5-9-15-12-7-3-2-4-8-12/h2-4,7-8,11H,5-6,9-10H2,1H3. The summed E-state index contributed by atoms with van der Waals surface area (Å²) in [5.74, 6) is 0.940. The van der Waals surface area contributed by atoms with Crippen LogP contribution in [0.15, 0.2) is 30.3 Å². The molecule has 0 saturated carbocycles. The Morgan fingerprint density at radius 2 is 2.00 bits per heavy atom. The lowest BCUT2D eigenvalue weighted by molar-refractivity contribution is 0.195. The van der Waals surface area contributed by atoms with Crippen molar-refractivity contribution in [1.29, 1.82) is 0 Å². The molecule has 1 aromatic rings. The number of ether oxygens (including phenoxy) is 2. The first-order chi connectivity index (χ1) is 7.33. The topological polar surface area (TPSA) is 18.5 Å². The van der Waals surface area contributed by atoms with Gasteiger partial charge in [0.15, 0.2) is 0 Å². The van der Waals surface area contributed by atoms with Crippen molar-refractivity contribution >= 4 is 15.9 Å². The molecule has 0 radical (unpaired) electrons. The Kier molecular flexibility index (Phi) is 6.44. The SMILES string of the molecule is COCC(Br)CCCOc1ccccc1. The highest BCUT2D eigenvalue weighted by Crippen LogP contribution is 2.11. The molecule has 1 aromatic carbocycles. The highest BCUT2D eigenvalue weighted by molar-refractivity contribution is 9.09. The van der Waals surface area contributed by atoms with Gasteiger partial charge in [-0.1, -0.05) is 34.1 Å². The number of para-hydroxylation sites is 1. The Bertz CT molecular complexity index is 251. The van der Waals surface area contributed by atoms with Gasteiger partial charge in [-0.05, 0) is 25.0 Å². The molecule has 0 aliphatic carbocycles. The zero-order chi connectivity index (χ0) is 10.9. The molecule has 0 spiro atoms. The maximum absolute atomic E-state index is 5.57. The largest absolute Gasteiger partial charge is 0.494 e. The van der Waals surface area contributed by atoms with Crippen molar-refractivity contribution in [2.75, 3.05) is 20.3 Å². The molecule has 0 aliphatic heterocycles. The summed E-state index contributed by atoms with van der Waals surface area (Å²) < 4.78 is 10.6. The van der Waals surface area contributed by atoms with Gasteiger partial charge in [0.05, 0.1) is 13.2 Å². The lowest BCUT2D eigenvalue weighted by Crippen LogP contribution is -2.08. The van der Waals surface area contributed by atoms with Crippen LogP contribution in [0.5, 0.6) is 5.75 Å². The van der Waals surface area contributed by atoms with Crippen LogP contribution < -0.4 is 4.74 Å². The van der Waals surface area contributed by atoms with E-state index in [4.69, 9.17) is 9.47 Å². The maximum Gasteiger partial charge on any atom is 0.119 e. The van der Waals surface area contributed by atoms with E-state index in [0.29, 0.717) is 4.83 Å². The van der Waals surface area contributed by atoms with E-state index in [0.717, 1.165) is 31.8 Å². The van der Waals surface area contributed by atoms with Gasteiger partial charge in [0.1, 0.15) is 5.75 Å². The van der Waals surface area contributed by atoms with Crippen molar-refractivity contribution in [3.05, 3.63) is 30.3 Å². The molecule has 3 heteroatoms. The molecule has 0 fully saturated rings. The first-order valence-corrected chi connectivity index (χ1v) is 6.05. The number of alkyl halides is 1. The van der Waals surface area contributed by atoms with Gasteiger partial charge >= 0.3 is 0 Å². The van der Waals surface area contributed by atoms with E-state index in [1.165, 1.54) is 0 Å². The molecular weight excluding hydrogens is 256 g/mol. The number of benzene rings is 1. The summed E-state index contributed by atoms with van der Waals surface area (Å²) in [7, 11) is 1.72. The smallest absolute Gasteiger partial charge is 0.119 e. The predicted molar refractivity (Wildman–Crippen MR) is 65.8 cm³/mol. The second-order valence-electron chi connectivity index (χ2n) is 3.36. The zero-order valence-electron chi connectivity index (χ0n) is 8.99. The zero-order valence-corrected chi connectivity index (χ0v) is 10.6. The number of methoxy groups -OCH3 is 1. The monoisotopic (exact) mass is 272 g/mol.